The largest absolute Gasteiger partial charge is 0.316 e. The second-order valence-corrected chi connectivity index (χ2v) is 5.66. The van der Waals surface area contributed by atoms with E-state index < -0.39 is 4.92 Å². The van der Waals surface area contributed by atoms with Crippen LogP contribution in [0.5, 0.6) is 0 Å². The number of nitrogens with one attached hydrogen (secondary N) is 1. The van der Waals surface area contributed by atoms with Crippen molar-refractivity contribution in [3.8, 4) is 0 Å². The third-order valence-electron chi connectivity index (χ3n) is 2.60. The lowest BCUT2D eigenvalue weighted by atomic mass is 10.0. The average molecular weight is 416 g/mol. The molecule has 1 N–H and O–H groups in total. The van der Waals surface area contributed by atoms with Crippen LogP contribution in [0.2, 0.25) is 0 Å². The average Bonchev–Trinajstić information content (AvgIpc) is 2.94. The Morgan fingerprint density at radius 2 is 2.10 bits per heavy atom. The zero-order valence-electron chi connectivity index (χ0n) is 10.5. The minimum Gasteiger partial charge on any atom is -0.316 e. The van der Waals surface area contributed by atoms with E-state index in [2.05, 4.69) is 5.32 Å². The van der Waals surface area contributed by atoms with Gasteiger partial charge >= 0.3 is 0 Å². The summed E-state index contributed by atoms with van der Waals surface area (Å²) in [6.07, 6.45) is 0. The first-order valence-electron chi connectivity index (χ1n) is 5.75. The SMILES string of the molecule is O=C(CI)Nc1sccc1C(=O)c1cccc([N+](=O)[O-])c1. The predicted molar refractivity (Wildman–Crippen MR) is 88.4 cm³/mol. The number of benzene rings is 1. The van der Waals surface area contributed by atoms with Crippen molar-refractivity contribution in [2.75, 3.05) is 9.74 Å². The molecule has 2 rings (SSSR count). The van der Waals surface area contributed by atoms with Crippen LogP contribution in [0.1, 0.15) is 15.9 Å². The number of rotatable bonds is 5. The Balaban J connectivity index is 2.32. The number of nitrogens with zero attached hydrogens (tertiary/aromatic N) is 1. The molecule has 0 aliphatic heterocycles. The summed E-state index contributed by atoms with van der Waals surface area (Å²) in [5.41, 5.74) is 0.403. The topological polar surface area (TPSA) is 89.3 Å². The Morgan fingerprint density at radius 3 is 2.76 bits per heavy atom. The van der Waals surface area contributed by atoms with Gasteiger partial charge in [-0.1, -0.05) is 34.7 Å². The molecule has 6 nitrogen and oxygen atoms in total. The molecule has 0 bridgehead atoms. The molecule has 1 heterocycles. The van der Waals surface area contributed by atoms with Crippen LogP contribution in [0.15, 0.2) is 35.7 Å². The fourth-order valence-corrected chi connectivity index (χ4v) is 2.65. The Bertz CT molecular complexity index is 714. The van der Waals surface area contributed by atoms with Crippen LogP contribution in [-0.2, 0) is 4.79 Å². The van der Waals surface area contributed by atoms with E-state index in [1.54, 1.807) is 11.4 Å². The van der Waals surface area contributed by atoms with Crippen molar-refractivity contribution in [1.29, 1.82) is 0 Å². The van der Waals surface area contributed by atoms with Crippen LogP contribution in [0, 0.1) is 10.1 Å². The minimum atomic E-state index is -0.552. The molecule has 2 aromatic rings. The summed E-state index contributed by atoms with van der Waals surface area (Å²) in [6, 6.07) is 7.11. The number of hydrogen-bond donors (Lipinski definition) is 1. The molecule has 0 saturated carbocycles. The Hall–Kier alpha value is -1.81. The summed E-state index contributed by atoms with van der Waals surface area (Å²) in [4.78, 5) is 34.0. The standard InChI is InChI=1S/C13H9IN2O4S/c14-7-11(17)15-13-10(4-5-21-13)12(18)8-2-1-3-9(6-8)16(19)20/h1-6H,7H2,(H,15,17). The summed E-state index contributed by atoms with van der Waals surface area (Å²) in [7, 11) is 0. The number of amides is 1. The normalized spacial score (nSPS) is 10.1. The maximum Gasteiger partial charge on any atom is 0.270 e. The fourth-order valence-electron chi connectivity index (χ4n) is 1.66. The molecular formula is C13H9IN2O4S. The molecule has 0 aliphatic carbocycles. The number of nitro benzene ring substituents is 1. The van der Waals surface area contributed by atoms with Gasteiger partial charge in [0, 0.05) is 17.7 Å². The highest BCUT2D eigenvalue weighted by Gasteiger charge is 2.18. The number of carbonyl (C=O) groups excluding carboxylic acids is 2. The van der Waals surface area contributed by atoms with Gasteiger partial charge in [-0.2, -0.15) is 0 Å². The first-order chi connectivity index (χ1) is 10.0. The number of non-ortho nitro benzene ring substituents is 1. The Morgan fingerprint density at radius 1 is 1.33 bits per heavy atom. The van der Waals surface area contributed by atoms with Crippen molar-refractivity contribution in [2.45, 2.75) is 0 Å². The van der Waals surface area contributed by atoms with Gasteiger partial charge in [-0.25, -0.2) is 0 Å². The fraction of sp³-hybridized carbons (Fsp3) is 0.0769. The highest BCUT2D eigenvalue weighted by molar-refractivity contribution is 14.1. The summed E-state index contributed by atoms with van der Waals surface area (Å²) in [6.45, 7) is 0. The van der Waals surface area contributed by atoms with Gasteiger partial charge in [0.15, 0.2) is 5.78 Å². The molecule has 0 fully saturated rings. The van der Waals surface area contributed by atoms with Crippen molar-refractivity contribution >= 4 is 56.3 Å². The summed E-state index contributed by atoms with van der Waals surface area (Å²) in [5.74, 6) is -0.560. The molecule has 1 aromatic heterocycles. The molecule has 0 spiro atoms. The lowest BCUT2D eigenvalue weighted by Crippen LogP contribution is -2.14. The van der Waals surface area contributed by atoms with E-state index in [1.165, 1.54) is 35.6 Å². The van der Waals surface area contributed by atoms with E-state index in [0.717, 1.165) is 0 Å². The van der Waals surface area contributed by atoms with Gasteiger partial charge in [0.05, 0.1) is 14.9 Å². The first-order valence-corrected chi connectivity index (χ1v) is 8.16. The van der Waals surface area contributed by atoms with Crippen molar-refractivity contribution < 1.29 is 14.5 Å². The maximum atomic E-state index is 12.4. The molecule has 0 unspecified atom stereocenters. The van der Waals surface area contributed by atoms with Gasteiger partial charge in [-0.3, -0.25) is 19.7 Å². The van der Waals surface area contributed by atoms with E-state index in [9.17, 15) is 19.7 Å². The zero-order chi connectivity index (χ0) is 15.4. The van der Waals surface area contributed by atoms with E-state index >= 15 is 0 Å². The molecule has 21 heavy (non-hydrogen) atoms. The van der Waals surface area contributed by atoms with Gasteiger partial charge in [0.25, 0.3) is 5.69 Å². The van der Waals surface area contributed by atoms with Gasteiger partial charge in [-0.15, -0.1) is 11.3 Å². The zero-order valence-corrected chi connectivity index (χ0v) is 13.5. The number of anilines is 1. The smallest absolute Gasteiger partial charge is 0.270 e. The van der Waals surface area contributed by atoms with Gasteiger partial charge in [0.1, 0.15) is 5.00 Å². The van der Waals surface area contributed by atoms with Crippen LogP contribution in [0.25, 0.3) is 0 Å². The van der Waals surface area contributed by atoms with Crippen molar-refractivity contribution in [3.05, 3.63) is 57.0 Å². The van der Waals surface area contributed by atoms with Crippen LogP contribution >= 0.6 is 33.9 Å². The van der Waals surface area contributed by atoms with E-state index in [-0.39, 0.29) is 27.4 Å². The minimum absolute atomic E-state index is 0.145. The molecule has 1 aromatic carbocycles. The van der Waals surface area contributed by atoms with Crippen molar-refractivity contribution in [2.24, 2.45) is 0 Å². The molecule has 0 radical (unpaired) electrons. The first kappa shape index (κ1) is 15.6. The second kappa shape index (κ2) is 6.76. The highest BCUT2D eigenvalue weighted by Crippen LogP contribution is 2.27. The van der Waals surface area contributed by atoms with Crippen LogP contribution in [0.3, 0.4) is 0 Å². The number of carbonyl (C=O) groups is 2. The predicted octanol–water partition coefficient (Wildman–Crippen LogP) is 3.26. The molecule has 8 heteroatoms. The van der Waals surface area contributed by atoms with Crippen LogP contribution < -0.4 is 5.32 Å². The molecule has 108 valence electrons. The summed E-state index contributed by atoms with van der Waals surface area (Å²) < 4.78 is 0.278. The second-order valence-electron chi connectivity index (χ2n) is 3.98. The number of hydrogen-bond acceptors (Lipinski definition) is 5. The highest BCUT2D eigenvalue weighted by atomic mass is 127. The number of alkyl halides is 1. The Kier molecular flexibility index (Phi) is 5.02. The monoisotopic (exact) mass is 416 g/mol. The number of ketones is 1. The van der Waals surface area contributed by atoms with Gasteiger partial charge in [0.2, 0.25) is 5.91 Å². The third-order valence-corrected chi connectivity index (χ3v) is 4.13. The molecule has 1 amide bonds. The van der Waals surface area contributed by atoms with E-state index in [4.69, 9.17) is 0 Å². The van der Waals surface area contributed by atoms with Crippen LogP contribution in [0.4, 0.5) is 10.7 Å². The number of nitro groups is 1. The summed E-state index contributed by atoms with van der Waals surface area (Å²) >= 11 is 3.16. The number of thiophene rings is 1. The summed E-state index contributed by atoms with van der Waals surface area (Å²) in [5, 5.41) is 15.5. The van der Waals surface area contributed by atoms with Crippen molar-refractivity contribution in [1.82, 2.24) is 0 Å². The third kappa shape index (κ3) is 3.64. The molecule has 0 aliphatic rings. The molecule has 0 atom stereocenters. The molecule has 0 saturated heterocycles. The van der Waals surface area contributed by atoms with E-state index in [0.29, 0.717) is 10.6 Å². The number of halogens is 1. The molecular weight excluding hydrogens is 407 g/mol. The van der Waals surface area contributed by atoms with Gasteiger partial charge < -0.3 is 5.32 Å². The quantitative estimate of drug-likeness (QED) is 0.267. The maximum absolute atomic E-state index is 12.4. The van der Waals surface area contributed by atoms with Crippen molar-refractivity contribution in [3.63, 3.8) is 0 Å². The van der Waals surface area contributed by atoms with Crippen LogP contribution in [-0.4, -0.2) is 21.0 Å². The van der Waals surface area contributed by atoms with E-state index in [1.807, 2.05) is 22.6 Å². The van der Waals surface area contributed by atoms with Gasteiger partial charge in [-0.05, 0) is 11.4 Å². The lowest BCUT2D eigenvalue weighted by Gasteiger charge is -2.04. The Labute approximate surface area is 137 Å². The lowest BCUT2D eigenvalue weighted by molar-refractivity contribution is -0.384.